The zero-order chi connectivity index (χ0) is 22.1. The maximum atomic E-state index is 13.0. The minimum Gasteiger partial charge on any atom is -0.497 e. The number of para-hydroxylation sites is 1. The number of amides is 1. The second-order valence-corrected chi connectivity index (χ2v) is 8.52. The number of rotatable bonds is 6. The third-order valence-electron chi connectivity index (χ3n) is 6.41. The van der Waals surface area contributed by atoms with Crippen molar-refractivity contribution in [2.45, 2.75) is 31.7 Å². The van der Waals surface area contributed by atoms with Crippen LogP contribution >= 0.6 is 0 Å². The van der Waals surface area contributed by atoms with Crippen molar-refractivity contribution in [3.05, 3.63) is 64.7 Å². The van der Waals surface area contributed by atoms with E-state index < -0.39 is 0 Å². The first kappa shape index (κ1) is 20.5. The molecular weight excluding hydrogens is 404 g/mol. The maximum absolute atomic E-state index is 13.0. The first-order chi connectivity index (χ1) is 15.6. The van der Waals surface area contributed by atoms with Crippen molar-refractivity contribution < 1.29 is 9.53 Å². The summed E-state index contributed by atoms with van der Waals surface area (Å²) in [5.41, 5.74) is 1.85. The molecule has 1 saturated carbocycles. The molecule has 32 heavy (non-hydrogen) atoms. The highest BCUT2D eigenvalue weighted by atomic mass is 16.5. The molecule has 2 fully saturated rings. The number of aromatic nitrogens is 2. The smallest absolute Gasteiger partial charge is 0.261 e. The molecule has 0 radical (unpaired) electrons. The molecule has 1 amide bonds. The van der Waals surface area contributed by atoms with Crippen LogP contribution < -0.4 is 15.2 Å². The number of methoxy groups -OCH3 is 1. The Bertz CT molecular complexity index is 1190. The van der Waals surface area contributed by atoms with Gasteiger partial charge in [0.2, 0.25) is 5.91 Å². The Kier molecular flexibility index (Phi) is 5.55. The summed E-state index contributed by atoms with van der Waals surface area (Å²) in [6.07, 6.45) is 2.88. The van der Waals surface area contributed by atoms with Crippen LogP contribution in [0, 0.1) is 0 Å². The number of aryl methyl sites for hydroxylation is 1. The van der Waals surface area contributed by atoms with Crippen LogP contribution in [0.4, 0.5) is 5.69 Å². The second kappa shape index (κ2) is 8.65. The first-order valence-corrected chi connectivity index (χ1v) is 11.3. The molecule has 3 aromatic rings. The van der Waals surface area contributed by atoms with Crippen LogP contribution in [0.25, 0.3) is 10.9 Å². The van der Waals surface area contributed by atoms with Gasteiger partial charge in [0.05, 0.1) is 18.0 Å². The van der Waals surface area contributed by atoms with E-state index in [9.17, 15) is 9.59 Å². The van der Waals surface area contributed by atoms with Crippen LogP contribution in [0.2, 0.25) is 0 Å². The summed E-state index contributed by atoms with van der Waals surface area (Å²) in [7, 11) is 1.67. The number of benzene rings is 2. The van der Waals surface area contributed by atoms with Crippen molar-refractivity contribution in [3.8, 4) is 5.75 Å². The van der Waals surface area contributed by atoms with E-state index >= 15 is 0 Å². The van der Waals surface area contributed by atoms with Crippen molar-refractivity contribution in [1.82, 2.24) is 14.5 Å². The summed E-state index contributed by atoms with van der Waals surface area (Å²) in [6.45, 7) is 2.97. The average molecular weight is 433 g/mol. The summed E-state index contributed by atoms with van der Waals surface area (Å²) in [4.78, 5) is 34.9. The zero-order valence-corrected chi connectivity index (χ0v) is 18.4. The van der Waals surface area contributed by atoms with Crippen molar-refractivity contribution in [3.63, 3.8) is 0 Å². The number of hydrogen-bond acceptors (Lipinski definition) is 5. The zero-order valence-electron chi connectivity index (χ0n) is 18.4. The number of nitrogens with zero attached hydrogens (tertiary/aromatic N) is 4. The number of piperazine rings is 1. The van der Waals surface area contributed by atoms with Gasteiger partial charge in [0, 0.05) is 56.8 Å². The number of ether oxygens (including phenoxy) is 1. The molecule has 1 aromatic heterocycles. The monoisotopic (exact) mass is 432 g/mol. The largest absolute Gasteiger partial charge is 0.497 e. The number of carbonyl (C=O) groups excluding carboxylic acids is 1. The molecule has 166 valence electrons. The molecule has 1 aliphatic heterocycles. The van der Waals surface area contributed by atoms with E-state index in [0.717, 1.165) is 43.2 Å². The van der Waals surface area contributed by atoms with Gasteiger partial charge in [0.15, 0.2) is 0 Å². The van der Waals surface area contributed by atoms with Gasteiger partial charge in [-0.25, -0.2) is 4.98 Å². The number of carbonyl (C=O) groups is 1. The van der Waals surface area contributed by atoms with Crippen molar-refractivity contribution in [1.29, 1.82) is 0 Å². The predicted molar refractivity (Wildman–Crippen MR) is 124 cm³/mol. The number of anilines is 1. The summed E-state index contributed by atoms with van der Waals surface area (Å²) in [5, 5.41) is 0.656. The summed E-state index contributed by atoms with van der Waals surface area (Å²) < 4.78 is 7.15. The second-order valence-electron chi connectivity index (χ2n) is 8.52. The lowest BCUT2D eigenvalue weighted by Gasteiger charge is -2.36. The third kappa shape index (κ3) is 4.07. The molecule has 0 N–H and O–H groups in total. The highest BCUT2D eigenvalue weighted by Gasteiger charge is 2.29. The SMILES string of the molecule is COc1cccc(N2CCN(C(=O)CCc3nc4ccccc4c(=O)n3C3CC3)CC2)c1. The van der Waals surface area contributed by atoms with Gasteiger partial charge in [-0.15, -0.1) is 0 Å². The molecular formula is C25H28N4O3. The summed E-state index contributed by atoms with van der Waals surface area (Å²) in [6, 6.07) is 15.7. The van der Waals surface area contributed by atoms with E-state index in [-0.39, 0.29) is 17.5 Å². The molecule has 0 bridgehead atoms. The predicted octanol–water partition coefficient (Wildman–Crippen LogP) is 3.02. The minimum atomic E-state index is 0.0208. The van der Waals surface area contributed by atoms with E-state index in [1.807, 2.05) is 51.9 Å². The van der Waals surface area contributed by atoms with E-state index in [0.29, 0.717) is 36.8 Å². The molecule has 0 spiro atoms. The Morgan fingerprint density at radius 2 is 1.84 bits per heavy atom. The quantitative estimate of drug-likeness (QED) is 0.599. The fraction of sp³-hybridized carbons (Fsp3) is 0.400. The number of fused-ring (bicyclic) bond motifs is 1. The van der Waals surface area contributed by atoms with Gasteiger partial charge in [0.25, 0.3) is 5.56 Å². The van der Waals surface area contributed by atoms with Crippen LogP contribution in [-0.4, -0.2) is 53.6 Å². The Hall–Kier alpha value is -3.35. The standard InChI is InChI=1S/C25H28N4O3/c1-32-20-6-4-5-19(17-20)27-13-15-28(16-14-27)24(30)12-11-23-26-22-8-3-2-7-21(22)25(31)29(23)18-9-10-18/h2-8,17-18H,9-16H2,1H3. The van der Waals surface area contributed by atoms with Gasteiger partial charge in [0.1, 0.15) is 11.6 Å². The van der Waals surface area contributed by atoms with E-state index in [1.165, 1.54) is 0 Å². The number of hydrogen-bond donors (Lipinski definition) is 0. The van der Waals surface area contributed by atoms with Gasteiger partial charge < -0.3 is 14.5 Å². The maximum Gasteiger partial charge on any atom is 0.261 e. The van der Waals surface area contributed by atoms with E-state index in [2.05, 4.69) is 11.0 Å². The Balaban J connectivity index is 1.24. The summed E-state index contributed by atoms with van der Waals surface area (Å²) in [5.74, 6) is 1.70. The average Bonchev–Trinajstić information content (AvgIpc) is 3.68. The fourth-order valence-electron chi connectivity index (χ4n) is 4.48. The third-order valence-corrected chi connectivity index (χ3v) is 6.41. The van der Waals surface area contributed by atoms with Gasteiger partial charge in [-0.05, 0) is 37.1 Å². The van der Waals surface area contributed by atoms with Gasteiger partial charge in [-0.3, -0.25) is 14.2 Å². The topological polar surface area (TPSA) is 67.7 Å². The highest BCUT2D eigenvalue weighted by Crippen LogP contribution is 2.35. The molecule has 2 aromatic carbocycles. The molecule has 0 atom stereocenters. The van der Waals surface area contributed by atoms with E-state index in [1.54, 1.807) is 7.11 Å². The van der Waals surface area contributed by atoms with Crippen LogP contribution in [0.3, 0.4) is 0 Å². The van der Waals surface area contributed by atoms with Crippen LogP contribution in [-0.2, 0) is 11.2 Å². The Morgan fingerprint density at radius 1 is 1.06 bits per heavy atom. The molecule has 0 unspecified atom stereocenters. The fourth-order valence-corrected chi connectivity index (χ4v) is 4.48. The van der Waals surface area contributed by atoms with Crippen molar-refractivity contribution in [2.75, 3.05) is 38.2 Å². The highest BCUT2D eigenvalue weighted by molar-refractivity contribution is 5.78. The molecule has 5 rings (SSSR count). The van der Waals surface area contributed by atoms with Crippen LogP contribution in [0.5, 0.6) is 5.75 Å². The van der Waals surface area contributed by atoms with Gasteiger partial charge in [-0.1, -0.05) is 18.2 Å². The van der Waals surface area contributed by atoms with E-state index in [4.69, 9.17) is 9.72 Å². The van der Waals surface area contributed by atoms with Crippen LogP contribution in [0.15, 0.2) is 53.3 Å². The van der Waals surface area contributed by atoms with Gasteiger partial charge in [-0.2, -0.15) is 0 Å². The van der Waals surface area contributed by atoms with Crippen molar-refractivity contribution in [2.24, 2.45) is 0 Å². The summed E-state index contributed by atoms with van der Waals surface area (Å²) >= 11 is 0. The Labute approximate surface area is 187 Å². The lowest BCUT2D eigenvalue weighted by Crippen LogP contribution is -2.48. The molecule has 1 saturated heterocycles. The first-order valence-electron chi connectivity index (χ1n) is 11.3. The van der Waals surface area contributed by atoms with Crippen molar-refractivity contribution >= 4 is 22.5 Å². The Morgan fingerprint density at radius 3 is 2.59 bits per heavy atom. The molecule has 1 aliphatic carbocycles. The normalized spacial score (nSPS) is 16.4. The molecule has 2 aliphatic rings. The van der Waals surface area contributed by atoms with Gasteiger partial charge >= 0.3 is 0 Å². The minimum absolute atomic E-state index is 0.0208. The molecule has 2 heterocycles. The van der Waals surface area contributed by atoms with Crippen LogP contribution in [0.1, 0.15) is 31.1 Å². The molecule has 7 heteroatoms. The lowest BCUT2D eigenvalue weighted by atomic mass is 10.2. The molecule has 7 nitrogen and oxygen atoms in total. The lowest BCUT2D eigenvalue weighted by molar-refractivity contribution is -0.131.